The smallest absolute Gasteiger partial charge is 0.251 e. The second-order valence-corrected chi connectivity index (χ2v) is 2.41. The first kappa shape index (κ1) is 8.59. The van der Waals surface area contributed by atoms with Crippen LogP contribution >= 0.6 is 0 Å². The summed E-state index contributed by atoms with van der Waals surface area (Å²) in [4.78, 5) is 11.2. The Kier molecular flexibility index (Phi) is 2.69. The second-order valence-electron chi connectivity index (χ2n) is 2.41. The fourth-order valence-corrected chi connectivity index (χ4v) is 0.884. The van der Waals surface area contributed by atoms with Gasteiger partial charge < -0.3 is 11.1 Å². The average Bonchev–Trinajstić information content (AvgIpc) is 2.05. The van der Waals surface area contributed by atoms with Crippen LogP contribution in [-0.4, -0.2) is 12.5 Å². The summed E-state index contributed by atoms with van der Waals surface area (Å²) in [7, 11) is 0. The van der Waals surface area contributed by atoms with E-state index in [1.54, 1.807) is 18.2 Å². The third-order valence-corrected chi connectivity index (χ3v) is 1.41. The van der Waals surface area contributed by atoms with Crippen LogP contribution in [0.5, 0.6) is 0 Å². The van der Waals surface area contributed by atoms with Gasteiger partial charge >= 0.3 is 0 Å². The van der Waals surface area contributed by atoms with E-state index in [9.17, 15) is 4.79 Å². The summed E-state index contributed by atoms with van der Waals surface area (Å²) in [5.74, 6) is -0.110. The Balaban J connectivity index is 2.81. The first-order chi connectivity index (χ1) is 5.74. The molecule has 1 radical (unpaired) electrons. The Hall–Kier alpha value is -1.51. The van der Waals surface area contributed by atoms with E-state index < -0.39 is 0 Å². The van der Waals surface area contributed by atoms with E-state index in [2.05, 4.69) is 11.4 Å². The van der Waals surface area contributed by atoms with Gasteiger partial charge in [0.15, 0.2) is 0 Å². The molecule has 63 valence electrons. The first-order valence-corrected chi connectivity index (χ1v) is 3.79. The molecule has 0 heterocycles. The van der Waals surface area contributed by atoms with E-state index in [1.807, 2.05) is 6.92 Å². The number of rotatable bonds is 2. The van der Waals surface area contributed by atoms with E-state index in [-0.39, 0.29) is 5.91 Å². The highest BCUT2D eigenvalue weighted by Gasteiger charge is 2.02. The molecular formula is C9H11N2O. The summed E-state index contributed by atoms with van der Waals surface area (Å²) in [5.41, 5.74) is 6.59. The monoisotopic (exact) mass is 163 g/mol. The molecule has 3 N–H and O–H groups in total. The molecule has 0 aromatic heterocycles. The van der Waals surface area contributed by atoms with Crippen LogP contribution < -0.4 is 11.1 Å². The zero-order chi connectivity index (χ0) is 8.97. The Labute approximate surface area is 71.6 Å². The molecule has 0 aliphatic heterocycles. The maximum Gasteiger partial charge on any atom is 0.251 e. The van der Waals surface area contributed by atoms with Crippen molar-refractivity contribution >= 4 is 11.6 Å². The van der Waals surface area contributed by atoms with Gasteiger partial charge in [0.2, 0.25) is 0 Å². The first-order valence-electron chi connectivity index (χ1n) is 3.79. The van der Waals surface area contributed by atoms with Crippen LogP contribution in [0.4, 0.5) is 5.69 Å². The maximum atomic E-state index is 11.2. The van der Waals surface area contributed by atoms with Gasteiger partial charge in [-0.3, -0.25) is 4.79 Å². The zero-order valence-corrected chi connectivity index (χ0v) is 6.92. The maximum absolute atomic E-state index is 11.2. The third kappa shape index (κ3) is 1.99. The fourth-order valence-electron chi connectivity index (χ4n) is 0.884. The van der Waals surface area contributed by atoms with Crippen molar-refractivity contribution in [3.63, 3.8) is 0 Å². The molecule has 1 amide bonds. The van der Waals surface area contributed by atoms with Crippen LogP contribution in [0.25, 0.3) is 0 Å². The number of carbonyl (C=O) groups is 1. The van der Waals surface area contributed by atoms with E-state index >= 15 is 0 Å². The minimum absolute atomic E-state index is 0.110. The van der Waals surface area contributed by atoms with E-state index in [0.717, 1.165) is 0 Å². The van der Waals surface area contributed by atoms with E-state index in [0.29, 0.717) is 17.8 Å². The van der Waals surface area contributed by atoms with Crippen LogP contribution in [0, 0.1) is 6.07 Å². The van der Waals surface area contributed by atoms with Crippen molar-refractivity contribution in [2.75, 3.05) is 12.3 Å². The third-order valence-electron chi connectivity index (χ3n) is 1.41. The summed E-state index contributed by atoms with van der Waals surface area (Å²) in [6.07, 6.45) is 0. The molecule has 0 saturated heterocycles. The molecule has 1 aromatic carbocycles. The zero-order valence-electron chi connectivity index (χ0n) is 6.92. The summed E-state index contributed by atoms with van der Waals surface area (Å²) in [6, 6.07) is 7.65. The van der Waals surface area contributed by atoms with Gasteiger partial charge in [-0.2, -0.15) is 0 Å². The predicted molar refractivity (Wildman–Crippen MR) is 47.7 cm³/mol. The van der Waals surface area contributed by atoms with Gasteiger partial charge in [-0.1, -0.05) is 0 Å². The molecule has 0 unspecified atom stereocenters. The van der Waals surface area contributed by atoms with Gasteiger partial charge in [0.25, 0.3) is 5.91 Å². The van der Waals surface area contributed by atoms with Crippen molar-refractivity contribution in [2.45, 2.75) is 6.92 Å². The highest BCUT2D eigenvalue weighted by atomic mass is 16.1. The number of nitrogen functional groups attached to an aromatic ring is 1. The minimum atomic E-state index is -0.110. The summed E-state index contributed by atoms with van der Waals surface area (Å²) < 4.78 is 0. The second kappa shape index (κ2) is 3.76. The van der Waals surface area contributed by atoms with Crippen molar-refractivity contribution < 1.29 is 4.79 Å². The van der Waals surface area contributed by atoms with Crippen LogP contribution in [0.1, 0.15) is 17.3 Å². The lowest BCUT2D eigenvalue weighted by atomic mass is 10.2. The lowest BCUT2D eigenvalue weighted by Crippen LogP contribution is -2.22. The van der Waals surface area contributed by atoms with E-state index in [4.69, 9.17) is 5.73 Å². The van der Waals surface area contributed by atoms with Gasteiger partial charge in [-0.25, -0.2) is 0 Å². The Morgan fingerprint density at radius 3 is 3.00 bits per heavy atom. The molecule has 0 aliphatic carbocycles. The average molecular weight is 163 g/mol. The number of anilines is 1. The molecule has 0 aliphatic rings. The number of hydrogen-bond acceptors (Lipinski definition) is 2. The quantitative estimate of drug-likeness (QED) is 0.634. The number of nitrogens with two attached hydrogens (primary N) is 1. The molecular weight excluding hydrogens is 152 g/mol. The lowest BCUT2D eigenvalue weighted by Gasteiger charge is -2.01. The van der Waals surface area contributed by atoms with Crippen molar-refractivity contribution in [1.82, 2.24) is 5.32 Å². The Morgan fingerprint density at radius 1 is 1.67 bits per heavy atom. The van der Waals surface area contributed by atoms with Crippen molar-refractivity contribution in [2.24, 2.45) is 0 Å². The van der Waals surface area contributed by atoms with Crippen LogP contribution in [0.2, 0.25) is 0 Å². The standard InChI is InChI=1S/C9H11N2O/c1-2-11-9(12)7-4-3-5-8(10)6-7/h4-6H,2,10H2,1H3,(H,11,12). The topological polar surface area (TPSA) is 55.1 Å². The number of hydrogen-bond donors (Lipinski definition) is 2. The molecule has 0 fully saturated rings. The number of benzene rings is 1. The largest absolute Gasteiger partial charge is 0.399 e. The van der Waals surface area contributed by atoms with Gasteiger partial charge in [0, 0.05) is 17.8 Å². The molecule has 3 nitrogen and oxygen atoms in total. The van der Waals surface area contributed by atoms with Crippen LogP contribution in [0.15, 0.2) is 18.2 Å². The molecule has 12 heavy (non-hydrogen) atoms. The Morgan fingerprint density at radius 2 is 2.42 bits per heavy atom. The predicted octanol–water partition coefficient (Wildman–Crippen LogP) is 0.819. The molecule has 1 aromatic rings. The normalized spacial score (nSPS) is 9.42. The minimum Gasteiger partial charge on any atom is -0.399 e. The SMILES string of the molecule is CCNC(=O)c1c[c]cc(N)c1. The van der Waals surface area contributed by atoms with Crippen molar-refractivity contribution in [3.05, 3.63) is 29.8 Å². The van der Waals surface area contributed by atoms with Crippen molar-refractivity contribution in [1.29, 1.82) is 0 Å². The van der Waals surface area contributed by atoms with Crippen LogP contribution in [0.3, 0.4) is 0 Å². The highest BCUT2D eigenvalue weighted by Crippen LogP contribution is 2.05. The number of nitrogens with one attached hydrogen (secondary N) is 1. The summed E-state index contributed by atoms with van der Waals surface area (Å²) in [6.45, 7) is 2.49. The molecule has 0 bridgehead atoms. The molecule has 1 rings (SSSR count). The molecule has 0 saturated carbocycles. The molecule has 0 spiro atoms. The van der Waals surface area contributed by atoms with Gasteiger partial charge in [-0.05, 0) is 31.2 Å². The van der Waals surface area contributed by atoms with Gasteiger partial charge in [0.1, 0.15) is 0 Å². The van der Waals surface area contributed by atoms with Crippen molar-refractivity contribution in [3.8, 4) is 0 Å². The number of carbonyl (C=O) groups excluding carboxylic acids is 1. The fraction of sp³-hybridized carbons (Fsp3) is 0.222. The summed E-state index contributed by atoms with van der Waals surface area (Å²) in [5, 5.41) is 2.67. The lowest BCUT2D eigenvalue weighted by molar-refractivity contribution is 0.0956. The highest BCUT2D eigenvalue weighted by molar-refractivity contribution is 5.94. The van der Waals surface area contributed by atoms with Gasteiger partial charge in [-0.15, -0.1) is 0 Å². The van der Waals surface area contributed by atoms with Gasteiger partial charge in [0.05, 0.1) is 0 Å². The Bertz CT molecular complexity index is 284. The van der Waals surface area contributed by atoms with Crippen LogP contribution in [-0.2, 0) is 0 Å². The molecule has 3 heteroatoms. The summed E-state index contributed by atoms with van der Waals surface area (Å²) >= 11 is 0. The molecule has 0 atom stereocenters. The van der Waals surface area contributed by atoms with E-state index in [1.165, 1.54) is 0 Å². The number of amides is 1.